The van der Waals surface area contributed by atoms with Crippen LogP contribution in [0.3, 0.4) is 0 Å². The Morgan fingerprint density at radius 1 is 0.324 bits per heavy atom. The molecule has 0 spiro atoms. The number of ether oxygens (including phenoxy) is 2. The first-order valence-electron chi connectivity index (χ1n) is 19.0. The molecule has 0 aliphatic rings. The van der Waals surface area contributed by atoms with Crippen molar-refractivity contribution < 1.29 is 110 Å². The van der Waals surface area contributed by atoms with Crippen molar-refractivity contribution in [3.8, 4) is 11.5 Å². The Bertz CT molecular complexity index is 2200. The first-order valence-corrected chi connectivity index (χ1v) is 27.8. The Morgan fingerprint density at radius 3 is 0.689 bits per heavy atom. The van der Waals surface area contributed by atoms with E-state index in [0.717, 1.165) is 11.5 Å². The summed E-state index contributed by atoms with van der Waals surface area (Å²) in [7, 11) is 2.79. The van der Waals surface area contributed by atoms with Gasteiger partial charge in [-0.1, -0.05) is 54.6 Å². The molecule has 0 bridgehead atoms. The van der Waals surface area contributed by atoms with Gasteiger partial charge in [0.05, 0.1) is 19.6 Å². The number of alkyl halides is 2. The summed E-state index contributed by atoms with van der Waals surface area (Å²) >= 11 is 6.79. The van der Waals surface area contributed by atoms with Crippen molar-refractivity contribution in [3.05, 3.63) is 260 Å². The van der Waals surface area contributed by atoms with Crippen molar-refractivity contribution in [2.75, 3.05) is 19.6 Å². The second-order valence-corrected chi connectivity index (χ2v) is 26.1. The maximum absolute atomic E-state index is 7.50. The van der Waals surface area contributed by atoms with Crippen molar-refractivity contribution in [1.82, 2.24) is 0 Å². The van der Waals surface area contributed by atoms with Gasteiger partial charge in [-0.3, -0.25) is 0 Å². The molecular formula is C55H43As2Cl2O11PRu3. The monoisotopic (exact) mass is 1440 g/mol. The fourth-order valence-corrected chi connectivity index (χ4v) is 25.8. The average Bonchev–Trinajstić information content (AvgIpc) is 3.50. The molecule has 0 saturated carbocycles. The molecule has 7 aromatic carbocycles. The number of rotatable bonds is 11. The second-order valence-electron chi connectivity index (χ2n) is 11.5. The predicted octanol–water partition coefficient (Wildman–Crippen LogP) is 7.68. The van der Waals surface area contributed by atoms with Crippen LogP contribution in [-0.2, 0) is 100 Å². The van der Waals surface area contributed by atoms with E-state index in [-0.39, 0.29) is 63.8 Å². The van der Waals surface area contributed by atoms with Crippen LogP contribution in [0.2, 0.25) is 4.00 Å². The Labute approximate surface area is 493 Å². The van der Waals surface area contributed by atoms with Crippen LogP contribution in [0.25, 0.3) is 0 Å². The van der Waals surface area contributed by atoms with Crippen molar-refractivity contribution >= 4 is 93.7 Å². The zero-order valence-corrected chi connectivity index (χ0v) is 50.5. The molecule has 0 amide bonds. The minimum absolute atomic E-state index is 0. The summed E-state index contributed by atoms with van der Waals surface area (Å²) in [6.07, 6.45) is 0. The third-order valence-electron chi connectivity index (χ3n) is 8.23. The minimum atomic E-state index is -1.37. The molecule has 0 aliphatic carbocycles. The Kier molecular flexibility index (Phi) is 78.1. The normalized spacial score (nSPS) is 7.80. The van der Waals surface area contributed by atoms with Gasteiger partial charge in [0.1, 0.15) is 11.5 Å². The van der Waals surface area contributed by atoms with E-state index in [9.17, 15) is 0 Å². The van der Waals surface area contributed by atoms with Gasteiger partial charge in [-0.25, -0.2) is 0 Å². The van der Waals surface area contributed by atoms with E-state index < -0.39 is 37.2 Å². The van der Waals surface area contributed by atoms with E-state index in [1.165, 1.54) is 19.9 Å². The fourth-order valence-electron chi connectivity index (χ4n) is 5.68. The Morgan fingerprint density at radius 2 is 0.500 bits per heavy atom. The first-order chi connectivity index (χ1) is 35.1. The zero-order chi connectivity index (χ0) is 55.1. The molecule has 0 saturated heterocycles. The third kappa shape index (κ3) is 35.9. The van der Waals surface area contributed by atoms with Gasteiger partial charge in [-0.05, 0) is 48.1 Å². The van der Waals surface area contributed by atoms with Gasteiger partial charge < -0.3 is 9.47 Å². The van der Waals surface area contributed by atoms with E-state index in [2.05, 4.69) is 236 Å². The fraction of sp³-hybridized carbons (Fsp3) is 0.0727. The van der Waals surface area contributed by atoms with Gasteiger partial charge in [0, 0.05) is 58.4 Å². The molecule has 0 radical (unpaired) electrons. The molecule has 11 nitrogen and oxygen atoms in total. The second kappa shape index (κ2) is 66.8. The molecule has 7 aromatic rings. The number of methoxy groups -OCH3 is 2. The van der Waals surface area contributed by atoms with Crippen LogP contribution < -0.4 is 42.8 Å². The summed E-state index contributed by atoms with van der Waals surface area (Å²) in [4.78, 5) is 0. The number of halogens is 2. The number of hydrogen-bond donors (Lipinski definition) is 0. The summed E-state index contributed by atoms with van der Waals surface area (Å²) in [6.45, 7) is 40.5. The maximum atomic E-state index is 7.50. The van der Waals surface area contributed by atoms with Gasteiger partial charge in [0.2, 0.25) is 0 Å². The first kappa shape index (κ1) is 86.5. The number of benzene rings is 7. The summed E-state index contributed by atoms with van der Waals surface area (Å²) in [6, 6.07) is 72.2. The van der Waals surface area contributed by atoms with Crippen molar-refractivity contribution in [2.45, 2.75) is 4.00 Å². The van der Waals surface area contributed by atoms with Gasteiger partial charge in [-0.15, -0.1) is 23.2 Å². The molecule has 19 heteroatoms. The van der Waals surface area contributed by atoms with Crippen LogP contribution in [-0.4, -0.2) is 48.9 Å². The van der Waals surface area contributed by atoms with Crippen molar-refractivity contribution in [1.29, 1.82) is 0 Å². The van der Waals surface area contributed by atoms with Crippen LogP contribution in [0, 0.1) is 59.9 Å². The van der Waals surface area contributed by atoms with Crippen LogP contribution in [0.4, 0.5) is 0 Å². The van der Waals surface area contributed by atoms with Crippen LogP contribution in [0.5, 0.6) is 11.5 Å². The topological polar surface area (TPSA) is 198 Å². The van der Waals surface area contributed by atoms with E-state index in [1.54, 1.807) is 31.6 Å². The molecular weight excluding hydrogens is 1390 g/mol. The van der Waals surface area contributed by atoms with Gasteiger partial charge >= 0.3 is 274 Å². The van der Waals surface area contributed by atoms with E-state index in [1.807, 2.05) is 24.3 Å². The van der Waals surface area contributed by atoms with Gasteiger partial charge in [0.25, 0.3) is 0 Å². The summed E-state index contributed by atoms with van der Waals surface area (Å²) in [5.41, 5.74) is 0. The van der Waals surface area contributed by atoms with Crippen molar-refractivity contribution in [3.63, 3.8) is 0 Å². The quantitative estimate of drug-likeness (QED) is 0.0422. The molecule has 74 heavy (non-hydrogen) atoms. The summed E-state index contributed by atoms with van der Waals surface area (Å²) < 4.78 is 85.6. The van der Waals surface area contributed by atoms with E-state index in [0.29, 0.717) is 0 Å². The molecule has 0 N–H and O–H groups in total. The van der Waals surface area contributed by atoms with Crippen LogP contribution >= 0.6 is 31.1 Å². The van der Waals surface area contributed by atoms with E-state index in [4.69, 9.17) is 74.5 Å². The van der Waals surface area contributed by atoms with Gasteiger partial charge in [0.15, 0.2) is 0 Å². The van der Waals surface area contributed by atoms with Crippen LogP contribution in [0.1, 0.15) is 0 Å². The molecule has 0 aliphatic heterocycles. The Hall–Kier alpha value is -4.20. The molecule has 0 unspecified atom stereocenters. The SMILES string of the molecule is COc1ccc(P(c2ccccc2)c2ccc(OC)cc2)cc1.ClCCl.[C-]#[O+].[C-]#[O+].[C-]#[O+].[C-]#[O+].[C-]#[O+].[C-]#[O+].[C-]#[O+].[C-]#[O+].[C-]#[O+].[Ru].[Ru].[Ru].c1ccc([As](C[As](c2ccccc2)c2ccccc2)c2ccccc2)cc1. The average molecular weight is 1430 g/mol. The predicted molar refractivity (Wildman–Crippen MR) is 271 cm³/mol. The molecule has 0 heterocycles. The summed E-state index contributed by atoms with van der Waals surface area (Å²) in [5.74, 6) is 1.76. The molecule has 382 valence electrons. The zero-order valence-electron chi connectivity index (χ0n) is 39.1. The molecule has 0 aromatic heterocycles. The molecule has 7 rings (SSSR count). The van der Waals surface area contributed by atoms with Gasteiger partial charge in [-0.2, -0.15) is 0 Å². The molecule has 0 atom stereocenters. The van der Waals surface area contributed by atoms with E-state index >= 15 is 0 Å². The Balaban J connectivity index is -0.000000141. The van der Waals surface area contributed by atoms with Crippen LogP contribution in [0.15, 0.2) is 200 Å². The third-order valence-corrected chi connectivity index (χ3v) is 25.8. The number of hydrogen-bond acceptors (Lipinski definition) is 2. The molecule has 0 fully saturated rings. The summed E-state index contributed by atoms with van der Waals surface area (Å²) in [5, 5.41) is 4.13. The standard InChI is InChI=1S/C25H22As2.C20H19O2P.CH2Cl2.9CO.3Ru/c1-5-13-22(14-6-1)26(23-15-7-2-8-16-23)21-27(24-17-9-3-10-18-24)25-19-11-4-12-20-25;1-21-16-8-12-19(13-9-16)23(18-6-4-3-5-7-18)20-14-10-17(22-2)11-15-20;2-1-3;9*1-2;;;/h1-20H,21H2;3-15H,1-2H3;1H2;;;;;;;;;;;;. The van der Waals surface area contributed by atoms with Crippen molar-refractivity contribution in [2.24, 2.45) is 0 Å².